The Morgan fingerprint density at radius 2 is 1.48 bits per heavy atom. The van der Waals surface area contributed by atoms with Gasteiger partial charge in [-0.25, -0.2) is 4.98 Å². The molecular formula is C41H37IrN3O-2. The van der Waals surface area contributed by atoms with Crippen molar-refractivity contribution in [1.82, 2.24) is 15.0 Å². The predicted molar refractivity (Wildman–Crippen MR) is 185 cm³/mol. The number of benzene rings is 3. The molecular weight excluding hydrogens is 743 g/mol. The summed E-state index contributed by atoms with van der Waals surface area (Å²) in [4.78, 5) is 13.9. The summed E-state index contributed by atoms with van der Waals surface area (Å²) in [7, 11) is 0. The van der Waals surface area contributed by atoms with Gasteiger partial charge in [0.1, 0.15) is 0 Å². The summed E-state index contributed by atoms with van der Waals surface area (Å²) >= 11 is 0. The average Bonchev–Trinajstić information content (AvgIpc) is 3.45. The van der Waals surface area contributed by atoms with Crippen LogP contribution in [0, 0.1) is 32.9 Å². The fourth-order valence-electron chi connectivity index (χ4n) is 6.09. The van der Waals surface area contributed by atoms with Crippen molar-refractivity contribution >= 4 is 22.1 Å². The number of fused-ring (bicyclic) bond motifs is 3. The third kappa shape index (κ3) is 6.72. The molecule has 0 saturated heterocycles. The minimum Gasteiger partial charge on any atom is -0.486 e. The quantitative estimate of drug-likeness (QED) is 0.158. The van der Waals surface area contributed by atoms with Gasteiger partial charge in [-0.3, -0.25) is 0 Å². The minimum absolute atomic E-state index is 0. The molecule has 0 bridgehead atoms. The number of hydrogen-bond donors (Lipinski definition) is 0. The molecule has 7 aromatic rings. The Hall–Kier alpha value is -4.44. The maximum atomic E-state index is 6.38. The van der Waals surface area contributed by atoms with Crippen LogP contribution < -0.4 is 0 Å². The van der Waals surface area contributed by atoms with Gasteiger partial charge in [0.2, 0.25) is 5.71 Å². The van der Waals surface area contributed by atoms with Gasteiger partial charge < -0.3 is 14.4 Å². The summed E-state index contributed by atoms with van der Waals surface area (Å²) < 4.78 is 6.38. The van der Waals surface area contributed by atoms with Crippen LogP contribution in [0.4, 0.5) is 0 Å². The fourth-order valence-corrected chi connectivity index (χ4v) is 6.09. The van der Waals surface area contributed by atoms with E-state index in [0.29, 0.717) is 11.6 Å². The van der Waals surface area contributed by atoms with Crippen molar-refractivity contribution in [1.29, 1.82) is 0 Å². The van der Waals surface area contributed by atoms with Crippen LogP contribution in [-0.4, -0.2) is 15.0 Å². The van der Waals surface area contributed by atoms with E-state index in [9.17, 15) is 0 Å². The Labute approximate surface area is 285 Å². The van der Waals surface area contributed by atoms with Crippen LogP contribution in [-0.2, 0) is 20.1 Å². The van der Waals surface area contributed by atoms with Gasteiger partial charge in [-0.05, 0) is 91.4 Å². The van der Waals surface area contributed by atoms with Crippen LogP contribution in [0.5, 0.6) is 0 Å². The molecule has 46 heavy (non-hydrogen) atoms. The van der Waals surface area contributed by atoms with Crippen LogP contribution in [0.2, 0.25) is 0 Å². The molecule has 4 aromatic heterocycles. The fraction of sp³-hybridized carbons (Fsp3) is 0.195. The zero-order valence-electron chi connectivity index (χ0n) is 26.9. The monoisotopic (exact) mass is 780 g/mol. The first-order valence-corrected chi connectivity index (χ1v) is 15.6. The van der Waals surface area contributed by atoms with Crippen LogP contribution >= 0.6 is 0 Å². The van der Waals surface area contributed by atoms with Gasteiger partial charge in [-0.1, -0.05) is 61.2 Å². The number of aryl methyl sites for hydroxylation is 3. The Morgan fingerprint density at radius 3 is 2.17 bits per heavy atom. The normalized spacial score (nSPS) is 10.9. The summed E-state index contributed by atoms with van der Waals surface area (Å²) in [6.07, 6.45) is 6.00. The van der Waals surface area contributed by atoms with E-state index < -0.39 is 0 Å². The molecule has 0 N–H and O–H groups in total. The number of pyridine rings is 3. The van der Waals surface area contributed by atoms with Crippen LogP contribution in [0.25, 0.3) is 55.8 Å². The molecule has 1 radical (unpaired) electrons. The van der Waals surface area contributed by atoms with Gasteiger partial charge in [0.25, 0.3) is 0 Å². The maximum absolute atomic E-state index is 6.38. The SMILES string of the molecule is CCC(CC)c1cc(-c2[c-]ccc3c2oc2nc(-c4c(C)cccc4C)ccc23)ncc1C.[Ir].[c-]1ccccc1-c1ccccn1. The van der Waals surface area contributed by atoms with Crippen molar-refractivity contribution in [3.8, 4) is 33.8 Å². The van der Waals surface area contributed by atoms with E-state index in [1.54, 1.807) is 6.20 Å². The number of aromatic nitrogens is 3. The molecule has 5 heteroatoms. The Morgan fingerprint density at radius 1 is 0.696 bits per heavy atom. The largest absolute Gasteiger partial charge is 0.486 e. The first-order chi connectivity index (χ1) is 22.0. The molecule has 4 heterocycles. The van der Waals surface area contributed by atoms with Crippen molar-refractivity contribution in [3.05, 3.63) is 138 Å². The third-order valence-corrected chi connectivity index (χ3v) is 8.51. The second-order valence-electron chi connectivity index (χ2n) is 11.4. The number of rotatable bonds is 6. The van der Waals surface area contributed by atoms with E-state index in [1.807, 2.05) is 54.7 Å². The smallest absolute Gasteiger partial charge is 0.216 e. The molecule has 0 spiro atoms. The zero-order chi connectivity index (χ0) is 31.3. The molecule has 7 rings (SSSR count). The molecule has 0 aliphatic carbocycles. The summed E-state index contributed by atoms with van der Waals surface area (Å²) in [5.74, 6) is 0.531. The average molecular weight is 780 g/mol. The van der Waals surface area contributed by atoms with Gasteiger partial charge in [0.05, 0.1) is 11.3 Å². The van der Waals surface area contributed by atoms with E-state index in [2.05, 4.69) is 94.2 Å². The Bertz CT molecular complexity index is 2010. The standard InChI is InChI=1S/C30H29N2O.C11H8N.Ir/c1-6-21(7-2)25-16-27(31-17-20(25)5)24-13-9-12-22-23-14-15-26(32-30(23)33-29(22)24)28-18(3)10-8-11-19(28)4;1-2-6-10(7-3-1)11-8-4-5-9-12-11;/h8-12,14-17,21H,6-7H2,1-5H3;1-6,8-9H;/q2*-1;. The van der Waals surface area contributed by atoms with E-state index in [0.717, 1.165) is 57.4 Å². The Balaban J connectivity index is 0.000000269. The molecule has 0 amide bonds. The van der Waals surface area contributed by atoms with Crippen molar-refractivity contribution in [2.75, 3.05) is 0 Å². The van der Waals surface area contributed by atoms with Crippen molar-refractivity contribution in [2.45, 2.75) is 53.4 Å². The molecule has 3 aromatic carbocycles. The summed E-state index contributed by atoms with van der Waals surface area (Å²) in [6, 6.07) is 37.0. The van der Waals surface area contributed by atoms with Crippen molar-refractivity contribution in [3.63, 3.8) is 0 Å². The molecule has 0 aliphatic rings. The number of hydrogen-bond acceptors (Lipinski definition) is 4. The topological polar surface area (TPSA) is 51.8 Å². The molecule has 4 nitrogen and oxygen atoms in total. The second kappa shape index (κ2) is 14.8. The van der Waals surface area contributed by atoms with Crippen LogP contribution in [0.15, 0.2) is 108 Å². The van der Waals surface area contributed by atoms with Gasteiger partial charge in [0.15, 0.2) is 0 Å². The molecule has 0 fully saturated rings. The minimum atomic E-state index is 0. The van der Waals surface area contributed by atoms with E-state index in [4.69, 9.17) is 14.4 Å². The second-order valence-corrected chi connectivity index (χ2v) is 11.4. The van der Waals surface area contributed by atoms with E-state index >= 15 is 0 Å². The maximum Gasteiger partial charge on any atom is 0.216 e. The van der Waals surface area contributed by atoms with E-state index in [-0.39, 0.29) is 20.1 Å². The predicted octanol–water partition coefficient (Wildman–Crippen LogP) is 10.9. The van der Waals surface area contributed by atoms with Crippen molar-refractivity contribution in [2.24, 2.45) is 0 Å². The molecule has 0 saturated carbocycles. The molecule has 233 valence electrons. The number of nitrogens with zero attached hydrogens (tertiary/aromatic N) is 3. The van der Waals surface area contributed by atoms with Gasteiger partial charge in [-0.15, -0.1) is 54.1 Å². The van der Waals surface area contributed by atoms with Gasteiger partial charge >= 0.3 is 0 Å². The summed E-state index contributed by atoms with van der Waals surface area (Å²) in [5, 5.41) is 2.06. The molecule has 0 unspecified atom stereocenters. The first-order valence-electron chi connectivity index (χ1n) is 15.6. The van der Waals surface area contributed by atoms with Crippen LogP contribution in [0.1, 0.15) is 54.9 Å². The van der Waals surface area contributed by atoms with Gasteiger partial charge in [0, 0.05) is 43.4 Å². The molecule has 0 atom stereocenters. The summed E-state index contributed by atoms with van der Waals surface area (Å²) in [6.45, 7) is 10.9. The van der Waals surface area contributed by atoms with Gasteiger partial charge in [-0.2, -0.15) is 0 Å². The van der Waals surface area contributed by atoms with E-state index in [1.165, 1.54) is 27.8 Å². The summed E-state index contributed by atoms with van der Waals surface area (Å²) in [5.41, 5.74) is 12.4. The number of furan rings is 1. The van der Waals surface area contributed by atoms with Crippen molar-refractivity contribution < 1.29 is 24.5 Å². The third-order valence-electron chi connectivity index (χ3n) is 8.51. The first kappa shape index (κ1) is 32.9. The molecule has 0 aliphatic heterocycles. The zero-order valence-corrected chi connectivity index (χ0v) is 29.3. The van der Waals surface area contributed by atoms with Crippen LogP contribution in [0.3, 0.4) is 0 Å². The Kier molecular flexibility index (Phi) is 10.6.